The number of aliphatic imine (C=N–C) groups is 2. The first-order valence-corrected chi connectivity index (χ1v) is 9.85. The van der Waals surface area contributed by atoms with Gasteiger partial charge in [-0.2, -0.15) is 0 Å². The van der Waals surface area contributed by atoms with Crippen LogP contribution < -0.4 is 16.0 Å². The zero-order valence-corrected chi connectivity index (χ0v) is 16.7. The third-order valence-electron chi connectivity index (χ3n) is 4.37. The van der Waals surface area contributed by atoms with Crippen LogP contribution in [0.25, 0.3) is 0 Å². The molecule has 3 rings (SSSR count). The molecule has 1 atom stereocenters. The van der Waals surface area contributed by atoms with Crippen LogP contribution in [-0.4, -0.2) is 48.2 Å². The van der Waals surface area contributed by atoms with Gasteiger partial charge in [-0.1, -0.05) is 17.7 Å². The van der Waals surface area contributed by atoms with Crippen molar-refractivity contribution in [2.24, 2.45) is 9.98 Å². The van der Waals surface area contributed by atoms with Gasteiger partial charge < -0.3 is 16.0 Å². The maximum atomic E-state index is 10.9. The molecule has 28 heavy (non-hydrogen) atoms. The Labute approximate surface area is 170 Å². The van der Waals surface area contributed by atoms with Crippen molar-refractivity contribution in [2.75, 3.05) is 25.0 Å². The summed E-state index contributed by atoms with van der Waals surface area (Å²) in [6.07, 6.45) is 12.0. The first-order chi connectivity index (χ1) is 13.6. The normalized spacial score (nSPS) is 18.6. The summed E-state index contributed by atoms with van der Waals surface area (Å²) in [4.78, 5) is 24.4. The molecule has 0 aromatic carbocycles. The lowest BCUT2D eigenvalue weighted by molar-refractivity contribution is -0.118. The van der Waals surface area contributed by atoms with Gasteiger partial charge in [0.05, 0.1) is 23.6 Å². The fourth-order valence-electron chi connectivity index (χ4n) is 3.03. The molecule has 0 saturated carbocycles. The number of nitrogens with zero attached hydrogens (tertiary/aromatic N) is 3. The fraction of sp³-hybridized carbons (Fsp3) is 0.400. The summed E-state index contributed by atoms with van der Waals surface area (Å²) in [5.41, 5.74) is 2.94. The molecule has 0 radical (unpaired) electrons. The van der Waals surface area contributed by atoms with E-state index in [1.54, 1.807) is 6.20 Å². The van der Waals surface area contributed by atoms with E-state index >= 15 is 0 Å². The molecule has 1 aliphatic carbocycles. The summed E-state index contributed by atoms with van der Waals surface area (Å²) in [6.45, 7) is 3.59. The Balaban J connectivity index is 1.64. The van der Waals surface area contributed by atoms with Gasteiger partial charge in [0.1, 0.15) is 0 Å². The van der Waals surface area contributed by atoms with Gasteiger partial charge in [-0.15, -0.1) is 0 Å². The van der Waals surface area contributed by atoms with E-state index in [-0.39, 0.29) is 11.9 Å². The molecule has 0 saturated heterocycles. The molecule has 0 bridgehead atoms. The van der Waals surface area contributed by atoms with E-state index in [1.165, 1.54) is 6.92 Å². The van der Waals surface area contributed by atoms with E-state index in [4.69, 9.17) is 16.6 Å². The number of hydrogen-bond donors (Lipinski definition) is 3. The standard InChI is InChI=1S/C20H25ClN6O/c1-14(28)23-8-3-9-24-19-13-22-10-6-17(19)18-7-11-25-20(27-18)26-16-5-2-4-15(21)12-16/h2,4,6,10,12-13,16,24H,3,5,7-9,11H2,1H3,(H,23,28)(H,25,26). The average molecular weight is 401 g/mol. The van der Waals surface area contributed by atoms with Crippen molar-refractivity contribution in [3.05, 3.63) is 47.3 Å². The minimum Gasteiger partial charge on any atom is -0.383 e. The number of nitrogens with one attached hydrogen (secondary N) is 3. The van der Waals surface area contributed by atoms with Crippen LogP contribution in [0.2, 0.25) is 0 Å². The van der Waals surface area contributed by atoms with E-state index in [2.05, 4.69) is 25.9 Å². The van der Waals surface area contributed by atoms with Gasteiger partial charge in [0.25, 0.3) is 0 Å². The Kier molecular flexibility index (Phi) is 7.19. The zero-order chi connectivity index (χ0) is 19.8. The highest BCUT2D eigenvalue weighted by Gasteiger charge is 2.16. The number of pyridine rings is 1. The number of aromatic nitrogens is 1. The summed E-state index contributed by atoms with van der Waals surface area (Å²) >= 11 is 6.08. The number of allylic oxidation sites excluding steroid dienone is 2. The van der Waals surface area contributed by atoms with Crippen molar-refractivity contribution < 1.29 is 4.79 Å². The minimum absolute atomic E-state index is 0.0115. The van der Waals surface area contributed by atoms with Crippen molar-refractivity contribution >= 4 is 34.9 Å². The highest BCUT2D eigenvalue weighted by Crippen LogP contribution is 2.19. The lowest BCUT2D eigenvalue weighted by Gasteiger charge is -2.20. The van der Waals surface area contributed by atoms with Crippen LogP contribution >= 0.6 is 11.6 Å². The number of halogens is 1. The van der Waals surface area contributed by atoms with Gasteiger partial charge in [-0.25, -0.2) is 4.99 Å². The number of guanidine groups is 1. The predicted octanol–water partition coefficient (Wildman–Crippen LogP) is 2.61. The smallest absolute Gasteiger partial charge is 0.218 e. The molecule has 1 aromatic rings. The Hall–Kier alpha value is -2.67. The second-order valence-electron chi connectivity index (χ2n) is 6.64. The Bertz CT molecular complexity index is 830. The maximum absolute atomic E-state index is 10.9. The van der Waals surface area contributed by atoms with Crippen LogP contribution in [0.3, 0.4) is 0 Å². The first-order valence-electron chi connectivity index (χ1n) is 9.47. The first kappa shape index (κ1) is 20.1. The summed E-state index contributed by atoms with van der Waals surface area (Å²) in [5.74, 6) is 0.623. The van der Waals surface area contributed by atoms with Gasteiger partial charge in [-0.3, -0.25) is 14.8 Å². The van der Waals surface area contributed by atoms with Crippen molar-refractivity contribution in [3.8, 4) is 0 Å². The van der Waals surface area contributed by atoms with Crippen LogP contribution in [0.1, 0.15) is 31.7 Å². The molecule has 1 aliphatic heterocycles. The molecular weight excluding hydrogens is 376 g/mol. The molecular formula is C20H25ClN6O. The molecule has 7 nitrogen and oxygen atoms in total. The molecule has 1 amide bonds. The molecule has 3 N–H and O–H groups in total. The van der Waals surface area contributed by atoms with Crippen LogP contribution in [0.5, 0.6) is 0 Å². The highest BCUT2D eigenvalue weighted by molar-refractivity contribution is 6.31. The van der Waals surface area contributed by atoms with E-state index < -0.39 is 0 Å². The third kappa shape index (κ3) is 5.92. The number of hydrogen-bond acceptors (Lipinski definition) is 6. The van der Waals surface area contributed by atoms with Gasteiger partial charge in [-0.05, 0) is 31.1 Å². The van der Waals surface area contributed by atoms with Crippen molar-refractivity contribution in [3.63, 3.8) is 0 Å². The molecule has 0 spiro atoms. The predicted molar refractivity (Wildman–Crippen MR) is 114 cm³/mol. The average Bonchev–Trinajstić information content (AvgIpc) is 2.68. The van der Waals surface area contributed by atoms with E-state index in [0.29, 0.717) is 19.0 Å². The number of anilines is 1. The minimum atomic E-state index is -0.0115. The lowest BCUT2D eigenvalue weighted by Crippen LogP contribution is -2.35. The molecule has 1 aromatic heterocycles. The Morgan fingerprint density at radius 3 is 3.07 bits per heavy atom. The summed E-state index contributed by atoms with van der Waals surface area (Å²) in [7, 11) is 0. The lowest BCUT2D eigenvalue weighted by atomic mass is 10.1. The highest BCUT2D eigenvalue weighted by atomic mass is 35.5. The van der Waals surface area contributed by atoms with Gasteiger partial charge >= 0.3 is 0 Å². The molecule has 0 fully saturated rings. The fourth-order valence-corrected chi connectivity index (χ4v) is 3.27. The van der Waals surface area contributed by atoms with Crippen molar-refractivity contribution in [2.45, 2.75) is 32.2 Å². The van der Waals surface area contributed by atoms with Crippen molar-refractivity contribution in [1.82, 2.24) is 15.6 Å². The van der Waals surface area contributed by atoms with E-state index in [9.17, 15) is 4.79 Å². The monoisotopic (exact) mass is 400 g/mol. The van der Waals surface area contributed by atoms with E-state index in [0.717, 1.165) is 47.8 Å². The second-order valence-corrected chi connectivity index (χ2v) is 7.08. The van der Waals surface area contributed by atoms with Gasteiger partial charge in [0, 0.05) is 49.8 Å². The maximum Gasteiger partial charge on any atom is 0.218 e. The summed E-state index contributed by atoms with van der Waals surface area (Å²) in [5, 5.41) is 10.3. The molecule has 1 unspecified atom stereocenters. The number of carbonyl (C=O) groups excluding carboxylic acids is 1. The van der Waals surface area contributed by atoms with Gasteiger partial charge in [0.15, 0.2) is 0 Å². The van der Waals surface area contributed by atoms with Crippen molar-refractivity contribution in [1.29, 1.82) is 0 Å². The second kappa shape index (κ2) is 10.0. The molecule has 8 heteroatoms. The Morgan fingerprint density at radius 1 is 1.36 bits per heavy atom. The van der Waals surface area contributed by atoms with Crippen LogP contribution in [0, 0.1) is 0 Å². The largest absolute Gasteiger partial charge is 0.383 e. The number of rotatable bonds is 7. The third-order valence-corrected chi connectivity index (χ3v) is 4.62. The van der Waals surface area contributed by atoms with Crippen LogP contribution in [0.4, 0.5) is 5.69 Å². The summed E-state index contributed by atoms with van der Waals surface area (Å²) < 4.78 is 0. The quantitative estimate of drug-likeness (QED) is 0.613. The molecule has 2 heterocycles. The SMILES string of the molecule is CC(=O)NCCCNc1cnccc1C1=NC(NC2C=C(Cl)C=CC2)=NCC1. The zero-order valence-electron chi connectivity index (χ0n) is 15.9. The summed E-state index contributed by atoms with van der Waals surface area (Å²) in [6, 6.07) is 2.07. The van der Waals surface area contributed by atoms with E-state index in [1.807, 2.05) is 30.5 Å². The van der Waals surface area contributed by atoms with Crippen LogP contribution in [-0.2, 0) is 4.79 Å². The Morgan fingerprint density at radius 2 is 2.25 bits per heavy atom. The van der Waals surface area contributed by atoms with Gasteiger partial charge in [0.2, 0.25) is 11.9 Å². The number of amides is 1. The topological polar surface area (TPSA) is 90.8 Å². The van der Waals surface area contributed by atoms with Crippen LogP contribution in [0.15, 0.2) is 51.7 Å². The molecule has 2 aliphatic rings. The number of carbonyl (C=O) groups is 1. The molecule has 148 valence electrons.